The lowest BCUT2D eigenvalue weighted by Crippen LogP contribution is -2.35. The van der Waals surface area contributed by atoms with Crippen molar-refractivity contribution in [2.45, 2.75) is 31.6 Å². The molecule has 0 bridgehead atoms. The van der Waals surface area contributed by atoms with E-state index >= 15 is 0 Å². The third-order valence-corrected chi connectivity index (χ3v) is 6.35. The molecule has 0 saturated carbocycles. The summed E-state index contributed by atoms with van der Waals surface area (Å²) in [4.78, 5) is 34.7. The third-order valence-electron chi connectivity index (χ3n) is 5.48. The second-order valence-electron chi connectivity index (χ2n) is 7.90. The Bertz CT molecular complexity index is 1180. The van der Waals surface area contributed by atoms with Gasteiger partial charge in [-0.1, -0.05) is 23.9 Å². The number of hydrogen-bond acceptors (Lipinski definition) is 7. The normalized spacial score (nSPS) is 13.2. The van der Waals surface area contributed by atoms with E-state index in [2.05, 4.69) is 20.2 Å². The van der Waals surface area contributed by atoms with Crippen LogP contribution in [0.3, 0.4) is 0 Å². The fraction of sp³-hybridized carbons (Fsp3) is 0.320. The molecule has 1 aromatic heterocycles. The second kappa shape index (κ2) is 11.2. The van der Waals surface area contributed by atoms with E-state index in [-0.39, 0.29) is 17.2 Å². The van der Waals surface area contributed by atoms with Gasteiger partial charge in [-0.2, -0.15) is 0 Å². The quantitative estimate of drug-likeness (QED) is 0.358. The number of nitrogens with one attached hydrogen (secondary N) is 2. The zero-order chi connectivity index (χ0) is 23.9. The first-order valence-electron chi connectivity index (χ1n) is 11.2. The van der Waals surface area contributed by atoms with Crippen molar-refractivity contribution in [1.82, 2.24) is 14.9 Å². The zero-order valence-electron chi connectivity index (χ0n) is 19.3. The molecule has 2 heterocycles. The predicted octanol–water partition coefficient (Wildman–Crippen LogP) is 3.47. The summed E-state index contributed by atoms with van der Waals surface area (Å²) < 4.78 is 10.6. The van der Waals surface area contributed by atoms with Crippen LogP contribution in [0.1, 0.15) is 23.7 Å². The molecule has 0 unspecified atom stereocenters. The van der Waals surface area contributed by atoms with Crippen molar-refractivity contribution in [3.8, 4) is 11.5 Å². The van der Waals surface area contributed by atoms with E-state index in [1.165, 1.54) is 17.3 Å². The number of aromatic amines is 1. The standard InChI is InChI=1S/C25H28N4O4S/c1-3-33-20-10-6-18(7-11-20)26-23(30)16-34-25-27-22-12-13-29(15-21(22)24(31)28-25)14-17-4-8-19(32-2)9-5-17/h4-11H,3,12-16H2,1-2H3,(H,26,30)(H,27,28,31). The first-order chi connectivity index (χ1) is 16.5. The number of fused-ring (bicyclic) bond motifs is 1. The summed E-state index contributed by atoms with van der Waals surface area (Å²) in [7, 11) is 1.65. The summed E-state index contributed by atoms with van der Waals surface area (Å²) in [5.41, 5.74) is 3.23. The van der Waals surface area contributed by atoms with Gasteiger partial charge in [-0.15, -0.1) is 0 Å². The molecule has 3 aromatic rings. The molecule has 34 heavy (non-hydrogen) atoms. The fourth-order valence-electron chi connectivity index (χ4n) is 3.78. The van der Waals surface area contributed by atoms with E-state index in [0.717, 1.165) is 30.3 Å². The van der Waals surface area contributed by atoms with Crippen molar-refractivity contribution in [3.05, 3.63) is 75.7 Å². The number of hydrogen-bond donors (Lipinski definition) is 2. The van der Waals surface area contributed by atoms with E-state index < -0.39 is 0 Å². The number of nitrogens with zero attached hydrogens (tertiary/aromatic N) is 2. The average molecular weight is 481 g/mol. The van der Waals surface area contributed by atoms with Crippen LogP contribution >= 0.6 is 11.8 Å². The molecule has 2 N–H and O–H groups in total. The highest BCUT2D eigenvalue weighted by molar-refractivity contribution is 7.99. The van der Waals surface area contributed by atoms with Gasteiger partial charge in [-0.25, -0.2) is 4.98 Å². The van der Waals surface area contributed by atoms with Crippen LogP contribution in [0, 0.1) is 0 Å². The lowest BCUT2D eigenvalue weighted by molar-refractivity contribution is -0.113. The minimum Gasteiger partial charge on any atom is -0.497 e. The van der Waals surface area contributed by atoms with Crippen molar-refractivity contribution in [2.24, 2.45) is 0 Å². The number of rotatable bonds is 9. The van der Waals surface area contributed by atoms with Gasteiger partial charge in [0.15, 0.2) is 5.16 Å². The summed E-state index contributed by atoms with van der Waals surface area (Å²) in [5.74, 6) is 1.57. The molecule has 4 rings (SSSR count). The van der Waals surface area contributed by atoms with E-state index in [4.69, 9.17) is 9.47 Å². The van der Waals surface area contributed by atoms with E-state index in [9.17, 15) is 9.59 Å². The molecule has 1 aliphatic heterocycles. The Morgan fingerprint density at radius 1 is 1.15 bits per heavy atom. The third kappa shape index (κ3) is 6.18. The van der Waals surface area contributed by atoms with Gasteiger partial charge in [-0.05, 0) is 48.9 Å². The van der Waals surface area contributed by atoms with Crippen molar-refractivity contribution >= 4 is 23.4 Å². The van der Waals surface area contributed by atoms with Crippen LogP contribution in [0.4, 0.5) is 5.69 Å². The van der Waals surface area contributed by atoms with Crippen molar-refractivity contribution in [2.75, 3.05) is 31.3 Å². The van der Waals surface area contributed by atoms with E-state index in [1.807, 2.05) is 43.3 Å². The molecule has 9 heteroatoms. The summed E-state index contributed by atoms with van der Waals surface area (Å²) in [6, 6.07) is 15.2. The van der Waals surface area contributed by atoms with Crippen LogP contribution in [-0.4, -0.2) is 46.8 Å². The zero-order valence-corrected chi connectivity index (χ0v) is 20.1. The Labute approximate surface area is 202 Å². The highest BCUT2D eigenvalue weighted by Crippen LogP contribution is 2.21. The number of amides is 1. The molecular weight excluding hydrogens is 452 g/mol. The van der Waals surface area contributed by atoms with Crippen LogP contribution in [0.25, 0.3) is 0 Å². The largest absolute Gasteiger partial charge is 0.497 e. The summed E-state index contributed by atoms with van der Waals surface area (Å²) >= 11 is 1.22. The topological polar surface area (TPSA) is 96.5 Å². The van der Waals surface area contributed by atoms with Crippen LogP contribution in [0.2, 0.25) is 0 Å². The second-order valence-corrected chi connectivity index (χ2v) is 8.86. The Morgan fingerprint density at radius 2 is 1.88 bits per heavy atom. The van der Waals surface area contributed by atoms with Gasteiger partial charge < -0.3 is 19.8 Å². The molecule has 1 amide bonds. The summed E-state index contributed by atoms with van der Waals surface area (Å²) in [6.07, 6.45) is 0.696. The first kappa shape index (κ1) is 23.8. The van der Waals surface area contributed by atoms with Crippen molar-refractivity contribution in [1.29, 1.82) is 0 Å². The number of aromatic nitrogens is 2. The minimum absolute atomic E-state index is 0.140. The van der Waals surface area contributed by atoms with Gasteiger partial charge in [0.2, 0.25) is 5.91 Å². The van der Waals surface area contributed by atoms with Crippen LogP contribution in [0.15, 0.2) is 58.5 Å². The van der Waals surface area contributed by atoms with Gasteiger partial charge >= 0.3 is 0 Å². The first-order valence-corrected chi connectivity index (χ1v) is 12.2. The molecule has 178 valence electrons. The molecule has 0 radical (unpaired) electrons. The maximum Gasteiger partial charge on any atom is 0.256 e. The number of ether oxygens (including phenoxy) is 2. The molecule has 2 aromatic carbocycles. The number of carbonyl (C=O) groups is 1. The Balaban J connectivity index is 1.32. The number of benzene rings is 2. The fourth-order valence-corrected chi connectivity index (χ4v) is 4.46. The number of anilines is 1. The predicted molar refractivity (Wildman–Crippen MR) is 133 cm³/mol. The van der Waals surface area contributed by atoms with Crippen molar-refractivity contribution < 1.29 is 14.3 Å². The van der Waals surface area contributed by atoms with Gasteiger partial charge in [0.25, 0.3) is 5.56 Å². The summed E-state index contributed by atoms with van der Waals surface area (Å²) in [6.45, 7) is 4.63. The lowest BCUT2D eigenvalue weighted by atomic mass is 10.1. The molecule has 0 saturated heterocycles. The maximum atomic E-state index is 12.7. The van der Waals surface area contributed by atoms with Gasteiger partial charge in [0, 0.05) is 31.7 Å². The van der Waals surface area contributed by atoms with Crippen LogP contribution in [0.5, 0.6) is 11.5 Å². The average Bonchev–Trinajstić information content (AvgIpc) is 2.85. The van der Waals surface area contributed by atoms with Gasteiger partial charge in [0.1, 0.15) is 11.5 Å². The monoisotopic (exact) mass is 480 g/mol. The molecule has 0 atom stereocenters. The van der Waals surface area contributed by atoms with Gasteiger partial charge in [0.05, 0.1) is 30.7 Å². The molecule has 8 nitrogen and oxygen atoms in total. The lowest BCUT2D eigenvalue weighted by Gasteiger charge is -2.27. The van der Waals surface area contributed by atoms with E-state index in [1.54, 1.807) is 19.2 Å². The van der Waals surface area contributed by atoms with Crippen LogP contribution in [-0.2, 0) is 24.3 Å². The summed E-state index contributed by atoms with van der Waals surface area (Å²) in [5, 5.41) is 3.31. The molecule has 0 aliphatic carbocycles. The van der Waals surface area contributed by atoms with Crippen LogP contribution < -0.4 is 20.3 Å². The highest BCUT2D eigenvalue weighted by Gasteiger charge is 2.21. The number of thioether (sulfide) groups is 1. The number of carbonyl (C=O) groups excluding carboxylic acids is 1. The van der Waals surface area contributed by atoms with E-state index in [0.29, 0.717) is 36.0 Å². The minimum atomic E-state index is -0.166. The smallest absolute Gasteiger partial charge is 0.256 e. The maximum absolute atomic E-state index is 12.7. The Morgan fingerprint density at radius 3 is 2.59 bits per heavy atom. The molecule has 1 aliphatic rings. The van der Waals surface area contributed by atoms with Crippen molar-refractivity contribution in [3.63, 3.8) is 0 Å². The molecular formula is C25H28N4O4S. The SMILES string of the molecule is CCOc1ccc(NC(=O)CSc2nc3c(c(=O)[nH]2)CN(Cc2ccc(OC)cc2)CC3)cc1. The molecule has 0 fully saturated rings. The Kier molecular flexibility index (Phi) is 7.87. The Hall–Kier alpha value is -3.30. The number of H-pyrrole nitrogens is 1. The highest BCUT2D eigenvalue weighted by atomic mass is 32.2. The molecule has 0 spiro atoms. The number of methoxy groups -OCH3 is 1. The van der Waals surface area contributed by atoms with Gasteiger partial charge in [-0.3, -0.25) is 14.5 Å².